The Kier molecular flexibility index (Phi) is 4.45. The molecule has 0 saturated carbocycles. The Labute approximate surface area is 126 Å². The van der Waals surface area contributed by atoms with Gasteiger partial charge in [-0.1, -0.05) is 64.6 Å². The predicted molar refractivity (Wildman–Crippen MR) is 80.5 cm³/mol. The van der Waals surface area contributed by atoms with Crippen molar-refractivity contribution in [1.29, 1.82) is 0 Å². The van der Waals surface area contributed by atoms with E-state index in [0.29, 0.717) is 26.5 Å². The number of hydrogen-bond acceptors (Lipinski definition) is 0. The molecule has 0 atom stereocenters. The van der Waals surface area contributed by atoms with E-state index in [-0.39, 0.29) is 0 Å². The van der Waals surface area contributed by atoms with E-state index in [4.69, 9.17) is 46.4 Å². The van der Waals surface area contributed by atoms with E-state index in [1.807, 2.05) is 31.2 Å². The summed E-state index contributed by atoms with van der Waals surface area (Å²) in [6, 6.07) is 9.49. The molecule has 0 heterocycles. The van der Waals surface area contributed by atoms with Crippen molar-refractivity contribution in [2.45, 2.75) is 13.3 Å². The summed E-state index contributed by atoms with van der Waals surface area (Å²) in [7, 11) is 0. The highest BCUT2D eigenvalue weighted by molar-refractivity contribution is 6.43. The Morgan fingerprint density at radius 3 is 2.22 bits per heavy atom. The SMILES string of the molecule is Cc1ccc(Cc2ccc(Cl)c(Cl)c2)c(Cl)c1Cl. The third kappa shape index (κ3) is 2.95. The summed E-state index contributed by atoms with van der Waals surface area (Å²) in [4.78, 5) is 0. The minimum Gasteiger partial charge on any atom is -0.0827 e. The molecule has 0 aliphatic heterocycles. The largest absolute Gasteiger partial charge is 0.0827 e. The van der Waals surface area contributed by atoms with E-state index in [2.05, 4.69) is 0 Å². The number of halogens is 4. The average molecular weight is 320 g/mol. The third-order valence-electron chi connectivity index (χ3n) is 2.73. The molecule has 0 unspecified atom stereocenters. The molecule has 0 N–H and O–H groups in total. The second-order valence-electron chi connectivity index (χ2n) is 4.09. The molecule has 0 bridgehead atoms. The van der Waals surface area contributed by atoms with Crippen LogP contribution < -0.4 is 0 Å². The Balaban J connectivity index is 2.34. The Morgan fingerprint density at radius 1 is 0.833 bits per heavy atom. The maximum absolute atomic E-state index is 6.23. The van der Waals surface area contributed by atoms with Crippen LogP contribution in [-0.4, -0.2) is 0 Å². The van der Waals surface area contributed by atoms with E-state index in [0.717, 1.165) is 16.7 Å². The maximum atomic E-state index is 6.23. The lowest BCUT2D eigenvalue weighted by Gasteiger charge is -2.09. The molecule has 2 aromatic carbocycles. The van der Waals surface area contributed by atoms with Gasteiger partial charge in [0.05, 0.1) is 20.1 Å². The molecule has 0 aromatic heterocycles. The fourth-order valence-electron chi connectivity index (χ4n) is 1.69. The normalized spacial score (nSPS) is 10.7. The summed E-state index contributed by atoms with van der Waals surface area (Å²) in [5.41, 5.74) is 3.00. The van der Waals surface area contributed by atoms with Gasteiger partial charge in [0.15, 0.2) is 0 Å². The van der Waals surface area contributed by atoms with Crippen LogP contribution in [0.25, 0.3) is 0 Å². The van der Waals surface area contributed by atoms with Crippen LogP contribution in [0, 0.1) is 6.92 Å². The van der Waals surface area contributed by atoms with Crippen molar-refractivity contribution in [3.05, 3.63) is 67.1 Å². The first-order chi connectivity index (χ1) is 8.49. The molecule has 94 valence electrons. The van der Waals surface area contributed by atoms with E-state index in [1.165, 1.54) is 0 Å². The first-order valence-electron chi connectivity index (χ1n) is 5.36. The zero-order valence-corrected chi connectivity index (χ0v) is 12.6. The van der Waals surface area contributed by atoms with Gasteiger partial charge < -0.3 is 0 Å². The van der Waals surface area contributed by atoms with Gasteiger partial charge in [0.25, 0.3) is 0 Å². The van der Waals surface area contributed by atoms with E-state index in [9.17, 15) is 0 Å². The van der Waals surface area contributed by atoms with Crippen molar-refractivity contribution >= 4 is 46.4 Å². The topological polar surface area (TPSA) is 0 Å². The molecule has 0 spiro atoms. The quantitative estimate of drug-likeness (QED) is 0.618. The highest BCUT2D eigenvalue weighted by Crippen LogP contribution is 2.31. The fourth-order valence-corrected chi connectivity index (χ4v) is 2.48. The second kappa shape index (κ2) is 5.71. The molecule has 4 heteroatoms. The van der Waals surface area contributed by atoms with E-state index < -0.39 is 0 Å². The van der Waals surface area contributed by atoms with Crippen LogP contribution in [0.5, 0.6) is 0 Å². The third-order valence-corrected chi connectivity index (χ3v) is 4.49. The minimum absolute atomic E-state index is 0.545. The van der Waals surface area contributed by atoms with Crippen molar-refractivity contribution in [3.8, 4) is 0 Å². The molecule has 0 saturated heterocycles. The van der Waals surface area contributed by atoms with Gasteiger partial charge in [0.1, 0.15) is 0 Å². The second-order valence-corrected chi connectivity index (χ2v) is 5.67. The predicted octanol–water partition coefficient (Wildman–Crippen LogP) is 6.20. The smallest absolute Gasteiger partial charge is 0.0630 e. The molecule has 0 radical (unpaired) electrons. The van der Waals surface area contributed by atoms with Crippen LogP contribution in [0.3, 0.4) is 0 Å². The van der Waals surface area contributed by atoms with Crippen molar-refractivity contribution in [1.82, 2.24) is 0 Å². The zero-order valence-electron chi connectivity index (χ0n) is 9.61. The molecular weight excluding hydrogens is 310 g/mol. The van der Waals surface area contributed by atoms with Crippen LogP contribution in [0.4, 0.5) is 0 Å². The molecule has 0 aliphatic rings. The molecule has 0 amide bonds. The van der Waals surface area contributed by atoms with Crippen LogP contribution in [0.1, 0.15) is 16.7 Å². The molecule has 2 rings (SSSR count). The van der Waals surface area contributed by atoms with Crippen molar-refractivity contribution < 1.29 is 0 Å². The molecule has 18 heavy (non-hydrogen) atoms. The fraction of sp³-hybridized carbons (Fsp3) is 0.143. The van der Waals surface area contributed by atoms with Gasteiger partial charge in [-0.05, 0) is 42.2 Å². The van der Waals surface area contributed by atoms with Gasteiger partial charge in [0, 0.05) is 0 Å². The zero-order chi connectivity index (χ0) is 13.3. The number of benzene rings is 2. The van der Waals surface area contributed by atoms with Crippen molar-refractivity contribution in [2.75, 3.05) is 0 Å². The lowest BCUT2D eigenvalue weighted by atomic mass is 10.0. The van der Waals surface area contributed by atoms with Crippen LogP contribution >= 0.6 is 46.4 Å². The molecule has 0 nitrogen and oxygen atoms in total. The first-order valence-corrected chi connectivity index (χ1v) is 6.87. The van der Waals surface area contributed by atoms with Crippen LogP contribution in [-0.2, 0) is 6.42 Å². The van der Waals surface area contributed by atoms with Gasteiger partial charge in [-0.25, -0.2) is 0 Å². The van der Waals surface area contributed by atoms with Crippen LogP contribution in [0.15, 0.2) is 30.3 Å². The van der Waals surface area contributed by atoms with Crippen molar-refractivity contribution in [2.24, 2.45) is 0 Å². The summed E-state index contributed by atoms with van der Waals surface area (Å²) in [6.07, 6.45) is 0.676. The molecule has 0 aliphatic carbocycles. The Bertz CT molecular complexity index is 591. The monoisotopic (exact) mass is 318 g/mol. The van der Waals surface area contributed by atoms with Gasteiger partial charge in [-0.15, -0.1) is 0 Å². The van der Waals surface area contributed by atoms with E-state index >= 15 is 0 Å². The summed E-state index contributed by atoms with van der Waals surface area (Å²) in [5, 5.41) is 2.30. The molecule has 2 aromatic rings. The summed E-state index contributed by atoms with van der Waals surface area (Å²) in [5.74, 6) is 0. The van der Waals surface area contributed by atoms with Crippen LogP contribution in [0.2, 0.25) is 20.1 Å². The molecule has 0 fully saturated rings. The Morgan fingerprint density at radius 2 is 1.56 bits per heavy atom. The highest BCUT2D eigenvalue weighted by Gasteiger charge is 2.09. The standard InChI is InChI=1S/C14H10Cl4/c1-8-2-4-10(14(18)13(8)17)6-9-3-5-11(15)12(16)7-9/h2-5,7H,6H2,1H3. The van der Waals surface area contributed by atoms with Gasteiger partial charge in [0.2, 0.25) is 0 Å². The molecular formula is C14H10Cl4. The number of aryl methyl sites for hydroxylation is 1. The van der Waals surface area contributed by atoms with Gasteiger partial charge >= 0.3 is 0 Å². The minimum atomic E-state index is 0.545. The van der Waals surface area contributed by atoms with Gasteiger partial charge in [-0.2, -0.15) is 0 Å². The Hall–Kier alpha value is -0.400. The summed E-state index contributed by atoms with van der Waals surface area (Å²) >= 11 is 24.2. The maximum Gasteiger partial charge on any atom is 0.0630 e. The van der Waals surface area contributed by atoms with Gasteiger partial charge in [-0.3, -0.25) is 0 Å². The summed E-state index contributed by atoms with van der Waals surface area (Å²) < 4.78 is 0. The van der Waals surface area contributed by atoms with E-state index in [1.54, 1.807) is 6.07 Å². The first kappa shape index (κ1) is 14.0. The summed E-state index contributed by atoms with van der Waals surface area (Å²) in [6.45, 7) is 1.93. The average Bonchev–Trinajstić information content (AvgIpc) is 2.34. The number of rotatable bonds is 2. The highest BCUT2D eigenvalue weighted by atomic mass is 35.5. The lowest BCUT2D eigenvalue weighted by Crippen LogP contribution is -1.91. The number of hydrogen-bond donors (Lipinski definition) is 0. The van der Waals surface area contributed by atoms with Crippen molar-refractivity contribution in [3.63, 3.8) is 0 Å². The lowest BCUT2D eigenvalue weighted by molar-refractivity contribution is 1.19.